The highest BCUT2D eigenvalue weighted by Gasteiger charge is 2.23. The van der Waals surface area contributed by atoms with Gasteiger partial charge in [0, 0.05) is 24.9 Å². The van der Waals surface area contributed by atoms with Gasteiger partial charge in [0.25, 0.3) is 5.88 Å². The number of carbonyl (C=O) groups excluding carboxylic acids is 1. The number of nitrogens with one attached hydrogen (secondary N) is 1. The molecular weight excluding hydrogens is 296 g/mol. The maximum atomic E-state index is 12.3. The van der Waals surface area contributed by atoms with Crippen LogP contribution in [0.4, 0.5) is 5.69 Å². The Morgan fingerprint density at radius 1 is 1.39 bits per heavy atom. The van der Waals surface area contributed by atoms with Gasteiger partial charge in [0.05, 0.1) is 18.3 Å². The molecule has 3 heterocycles. The fourth-order valence-corrected chi connectivity index (χ4v) is 2.57. The van der Waals surface area contributed by atoms with E-state index < -0.39 is 0 Å². The van der Waals surface area contributed by atoms with Crippen LogP contribution in [0.5, 0.6) is 5.88 Å². The smallest absolute Gasteiger partial charge is 0.259 e. The fraction of sp³-hybridized carbons (Fsp3) is 0.188. The van der Waals surface area contributed by atoms with Crippen molar-refractivity contribution >= 4 is 22.7 Å². The number of allylic oxidation sites excluding steroid dienone is 2. The molecule has 7 nitrogen and oxygen atoms in total. The molecule has 1 fully saturated rings. The number of hydrogen-bond donors (Lipinski definition) is 1. The van der Waals surface area contributed by atoms with Crippen LogP contribution in [0.1, 0.15) is 0 Å². The lowest BCUT2D eigenvalue weighted by Gasteiger charge is -2.23. The van der Waals surface area contributed by atoms with Gasteiger partial charge in [0.1, 0.15) is 18.1 Å². The molecule has 2 aromatic rings. The van der Waals surface area contributed by atoms with Gasteiger partial charge < -0.3 is 14.8 Å². The van der Waals surface area contributed by atoms with Crippen LogP contribution >= 0.6 is 0 Å². The molecule has 2 aliphatic rings. The number of aromatic nitrogens is 2. The summed E-state index contributed by atoms with van der Waals surface area (Å²) in [5.74, 6) is 0.816. The summed E-state index contributed by atoms with van der Waals surface area (Å²) in [6.45, 7) is 1.25. The van der Waals surface area contributed by atoms with E-state index in [1.54, 1.807) is 16.8 Å². The number of nitrogens with zero attached hydrogens (tertiary/aromatic N) is 3. The molecule has 0 radical (unpaired) electrons. The highest BCUT2D eigenvalue weighted by atomic mass is 16.5. The Balaban J connectivity index is 1.83. The van der Waals surface area contributed by atoms with E-state index in [2.05, 4.69) is 15.4 Å². The number of methoxy groups -OCH3 is 1. The molecule has 23 heavy (non-hydrogen) atoms. The van der Waals surface area contributed by atoms with Gasteiger partial charge in [-0.2, -0.15) is 0 Å². The first-order chi connectivity index (χ1) is 11.3. The van der Waals surface area contributed by atoms with E-state index in [9.17, 15) is 4.79 Å². The van der Waals surface area contributed by atoms with Crippen LogP contribution in [0.2, 0.25) is 0 Å². The summed E-state index contributed by atoms with van der Waals surface area (Å²) >= 11 is 0. The van der Waals surface area contributed by atoms with Crippen LogP contribution < -0.4 is 10.1 Å². The second kappa shape index (κ2) is 5.28. The number of pyridine rings is 1. The molecule has 0 bridgehead atoms. The average Bonchev–Trinajstić information content (AvgIpc) is 2.93. The standard InChI is InChI=1S/C16H14N4O3/c1-22-16-15(12-4-2-3-6-20(12)19-16)18-10-9-14-11(8-13(10)21)17-5-7-23-14/h2-4,6,8-9,17H,5,7H2,1H3. The van der Waals surface area contributed by atoms with Gasteiger partial charge in [-0.1, -0.05) is 6.07 Å². The largest absolute Gasteiger partial charge is 0.490 e. The van der Waals surface area contributed by atoms with Gasteiger partial charge in [0.2, 0.25) is 5.78 Å². The van der Waals surface area contributed by atoms with Crippen molar-refractivity contribution in [1.82, 2.24) is 14.9 Å². The maximum absolute atomic E-state index is 12.3. The third kappa shape index (κ3) is 2.26. The van der Waals surface area contributed by atoms with Gasteiger partial charge in [-0.05, 0) is 12.1 Å². The minimum absolute atomic E-state index is 0.181. The summed E-state index contributed by atoms with van der Waals surface area (Å²) in [6.07, 6.45) is 4.95. The molecule has 0 spiro atoms. The first-order valence-electron chi connectivity index (χ1n) is 7.21. The number of fused-ring (bicyclic) bond motifs is 2. The van der Waals surface area contributed by atoms with Crippen LogP contribution in [-0.4, -0.2) is 41.4 Å². The lowest BCUT2D eigenvalue weighted by molar-refractivity contribution is -0.109. The lowest BCUT2D eigenvalue weighted by atomic mass is 10.1. The number of hydrogen-bond acceptors (Lipinski definition) is 6. The van der Waals surface area contributed by atoms with E-state index in [0.717, 1.165) is 5.52 Å². The summed E-state index contributed by atoms with van der Waals surface area (Å²) in [7, 11) is 1.53. The summed E-state index contributed by atoms with van der Waals surface area (Å²) in [4.78, 5) is 16.8. The number of morpholine rings is 1. The first kappa shape index (κ1) is 13.6. The quantitative estimate of drug-likeness (QED) is 0.848. The Bertz CT molecular complexity index is 892. The molecule has 1 N–H and O–H groups in total. The molecule has 0 aromatic carbocycles. The normalized spacial score (nSPS) is 18.8. The molecule has 2 aromatic heterocycles. The van der Waals surface area contributed by atoms with Crippen molar-refractivity contribution in [2.24, 2.45) is 4.99 Å². The second-order valence-corrected chi connectivity index (χ2v) is 5.09. The first-order valence-corrected chi connectivity index (χ1v) is 7.21. The van der Waals surface area contributed by atoms with Crippen LogP contribution in [0.3, 0.4) is 0 Å². The molecule has 0 amide bonds. The summed E-state index contributed by atoms with van der Waals surface area (Å²) in [5.41, 5.74) is 2.28. The number of aliphatic imine (C=N–C) groups is 1. The third-order valence-corrected chi connectivity index (χ3v) is 3.64. The van der Waals surface area contributed by atoms with Crippen molar-refractivity contribution in [2.45, 2.75) is 0 Å². The Labute approximate surface area is 131 Å². The highest BCUT2D eigenvalue weighted by Crippen LogP contribution is 2.32. The number of carbonyl (C=O) groups is 1. The third-order valence-electron chi connectivity index (χ3n) is 3.64. The molecule has 1 aliphatic carbocycles. The molecule has 7 heteroatoms. The van der Waals surface area contributed by atoms with E-state index in [0.29, 0.717) is 41.9 Å². The molecule has 4 rings (SSSR count). The summed E-state index contributed by atoms with van der Waals surface area (Å²) in [6, 6.07) is 5.61. The van der Waals surface area contributed by atoms with Gasteiger partial charge >= 0.3 is 0 Å². The number of ether oxygens (including phenoxy) is 2. The Morgan fingerprint density at radius 3 is 3.17 bits per heavy atom. The van der Waals surface area contributed by atoms with Crippen LogP contribution in [0.15, 0.2) is 53.0 Å². The Kier molecular flexibility index (Phi) is 3.11. The zero-order chi connectivity index (χ0) is 15.8. The average molecular weight is 310 g/mol. The van der Waals surface area contributed by atoms with Gasteiger partial charge in [0.15, 0.2) is 5.69 Å². The van der Waals surface area contributed by atoms with Gasteiger partial charge in [-0.25, -0.2) is 9.51 Å². The zero-order valence-electron chi connectivity index (χ0n) is 12.4. The fourth-order valence-electron chi connectivity index (χ4n) is 2.57. The van der Waals surface area contributed by atoms with Crippen molar-refractivity contribution in [3.63, 3.8) is 0 Å². The predicted octanol–water partition coefficient (Wildman–Crippen LogP) is 1.39. The van der Waals surface area contributed by atoms with Crippen molar-refractivity contribution in [1.29, 1.82) is 0 Å². The van der Waals surface area contributed by atoms with E-state index in [-0.39, 0.29) is 5.78 Å². The lowest BCUT2D eigenvalue weighted by Crippen LogP contribution is -2.31. The van der Waals surface area contributed by atoms with E-state index in [1.807, 2.05) is 18.2 Å². The van der Waals surface area contributed by atoms with Crippen LogP contribution in [0.25, 0.3) is 5.52 Å². The zero-order valence-corrected chi connectivity index (χ0v) is 12.4. The van der Waals surface area contributed by atoms with Crippen molar-refractivity contribution < 1.29 is 14.3 Å². The highest BCUT2D eigenvalue weighted by molar-refractivity contribution is 6.49. The van der Waals surface area contributed by atoms with Crippen LogP contribution in [0, 0.1) is 0 Å². The number of rotatable bonds is 2. The molecule has 116 valence electrons. The molecule has 1 saturated heterocycles. The van der Waals surface area contributed by atoms with E-state index >= 15 is 0 Å². The molecule has 0 atom stereocenters. The Morgan fingerprint density at radius 2 is 2.30 bits per heavy atom. The molecule has 1 aliphatic heterocycles. The molecule has 0 unspecified atom stereocenters. The monoisotopic (exact) mass is 310 g/mol. The molecule has 0 saturated carbocycles. The van der Waals surface area contributed by atoms with E-state index in [4.69, 9.17) is 9.47 Å². The van der Waals surface area contributed by atoms with Gasteiger partial charge in [-0.3, -0.25) is 4.79 Å². The maximum Gasteiger partial charge on any atom is 0.259 e. The van der Waals surface area contributed by atoms with Crippen molar-refractivity contribution in [2.75, 3.05) is 20.3 Å². The SMILES string of the molecule is COc1nn2ccccc2c1N=C1C=C2OCCNC2=CC1=O. The summed E-state index contributed by atoms with van der Waals surface area (Å²) in [5, 5.41) is 7.43. The minimum Gasteiger partial charge on any atom is -0.490 e. The van der Waals surface area contributed by atoms with Crippen molar-refractivity contribution in [3.05, 3.63) is 48.0 Å². The van der Waals surface area contributed by atoms with Gasteiger partial charge in [-0.15, -0.1) is 5.10 Å². The van der Waals surface area contributed by atoms with E-state index in [1.165, 1.54) is 13.2 Å². The second-order valence-electron chi connectivity index (χ2n) is 5.09. The van der Waals surface area contributed by atoms with Crippen molar-refractivity contribution in [3.8, 4) is 5.88 Å². The van der Waals surface area contributed by atoms with Crippen LogP contribution in [-0.2, 0) is 9.53 Å². The molecular formula is C16H14N4O3. The Hall–Kier alpha value is -3.09. The summed E-state index contributed by atoms with van der Waals surface area (Å²) < 4.78 is 12.5. The minimum atomic E-state index is -0.181. The predicted molar refractivity (Wildman–Crippen MR) is 84.0 cm³/mol. The number of ketones is 1. The topological polar surface area (TPSA) is 77.2 Å².